The van der Waals surface area contributed by atoms with Gasteiger partial charge in [0.15, 0.2) is 0 Å². The Bertz CT molecular complexity index is 182. The van der Waals surface area contributed by atoms with E-state index in [1.807, 2.05) is 0 Å². The number of rotatable bonds is 7. The zero-order valence-corrected chi connectivity index (χ0v) is 10.6. The Labute approximate surface area is 98.8 Å². The Balaban J connectivity index is 2.51. The van der Waals surface area contributed by atoms with Crippen molar-refractivity contribution in [1.82, 2.24) is 5.43 Å². The third-order valence-corrected chi connectivity index (χ3v) is 3.58. The summed E-state index contributed by atoms with van der Waals surface area (Å²) in [5.74, 6) is 5.64. The molecule has 0 saturated heterocycles. The summed E-state index contributed by atoms with van der Waals surface area (Å²) >= 11 is 0. The van der Waals surface area contributed by atoms with Crippen molar-refractivity contribution in [2.75, 3.05) is 20.3 Å². The second kappa shape index (κ2) is 7.22. The maximum Gasteiger partial charge on any atom is 0.0866 e. The summed E-state index contributed by atoms with van der Waals surface area (Å²) in [5.41, 5.74) is 2.75. The number of methoxy groups -OCH3 is 1. The molecule has 1 aliphatic carbocycles. The molecule has 4 nitrogen and oxygen atoms in total. The third-order valence-electron chi connectivity index (χ3n) is 3.58. The first-order valence-electron chi connectivity index (χ1n) is 6.38. The fourth-order valence-corrected chi connectivity index (χ4v) is 2.54. The predicted octanol–water partition coefficient (Wildman–Crippen LogP) is 1.59. The van der Waals surface area contributed by atoms with Crippen molar-refractivity contribution < 1.29 is 9.47 Å². The Morgan fingerprint density at radius 3 is 2.50 bits per heavy atom. The first-order valence-corrected chi connectivity index (χ1v) is 6.38. The van der Waals surface area contributed by atoms with Crippen LogP contribution in [0.3, 0.4) is 0 Å². The number of ether oxygens (including phenoxy) is 2. The summed E-state index contributed by atoms with van der Waals surface area (Å²) < 4.78 is 11.3. The lowest BCUT2D eigenvalue weighted by Crippen LogP contribution is -2.57. The highest BCUT2D eigenvalue weighted by atomic mass is 16.5. The maximum absolute atomic E-state index is 5.74. The molecule has 96 valence electrons. The Hall–Kier alpha value is -0.160. The average Bonchev–Trinajstić information content (AvgIpc) is 2.35. The number of nitrogens with one attached hydrogen (secondary N) is 1. The Morgan fingerprint density at radius 2 is 2.00 bits per heavy atom. The van der Waals surface area contributed by atoms with Crippen LogP contribution in [0.1, 0.15) is 45.4 Å². The van der Waals surface area contributed by atoms with E-state index in [1.54, 1.807) is 7.11 Å². The molecule has 0 bridgehead atoms. The predicted molar refractivity (Wildman–Crippen MR) is 65.0 cm³/mol. The van der Waals surface area contributed by atoms with Crippen LogP contribution in [-0.2, 0) is 9.47 Å². The molecular formula is C12H26N2O2. The van der Waals surface area contributed by atoms with Crippen LogP contribution >= 0.6 is 0 Å². The van der Waals surface area contributed by atoms with Gasteiger partial charge in [-0.1, -0.05) is 26.2 Å². The highest BCUT2D eigenvalue weighted by molar-refractivity contribution is 4.94. The molecule has 1 rings (SSSR count). The minimum Gasteiger partial charge on any atom is -0.380 e. The van der Waals surface area contributed by atoms with Crippen molar-refractivity contribution in [3.63, 3.8) is 0 Å². The Kier molecular flexibility index (Phi) is 6.28. The van der Waals surface area contributed by atoms with Crippen LogP contribution in [0.15, 0.2) is 0 Å². The smallest absolute Gasteiger partial charge is 0.0866 e. The molecule has 1 unspecified atom stereocenters. The quantitative estimate of drug-likeness (QED) is 0.396. The van der Waals surface area contributed by atoms with Gasteiger partial charge in [-0.15, -0.1) is 0 Å². The van der Waals surface area contributed by atoms with Crippen molar-refractivity contribution >= 4 is 0 Å². The molecule has 1 aliphatic rings. The van der Waals surface area contributed by atoms with Crippen LogP contribution in [0.5, 0.6) is 0 Å². The van der Waals surface area contributed by atoms with Gasteiger partial charge in [-0.25, -0.2) is 0 Å². The number of hydrogen-bond donors (Lipinski definition) is 2. The normalized spacial score (nSPS) is 21.9. The van der Waals surface area contributed by atoms with Gasteiger partial charge in [0.1, 0.15) is 0 Å². The van der Waals surface area contributed by atoms with E-state index < -0.39 is 0 Å². The van der Waals surface area contributed by atoms with E-state index >= 15 is 0 Å². The van der Waals surface area contributed by atoms with Gasteiger partial charge < -0.3 is 9.47 Å². The molecule has 16 heavy (non-hydrogen) atoms. The molecule has 1 saturated carbocycles. The molecule has 0 aromatic rings. The molecular weight excluding hydrogens is 204 g/mol. The molecule has 0 aliphatic heterocycles. The number of hydrogen-bond acceptors (Lipinski definition) is 4. The summed E-state index contributed by atoms with van der Waals surface area (Å²) in [6.07, 6.45) is 6.94. The van der Waals surface area contributed by atoms with E-state index in [1.165, 1.54) is 19.3 Å². The van der Waals surface area contributed by atoms with Gasteiger partial charge in [0, 0.05) is 13.7 Å². The van der Waals surface area contributed by atoms with Gasteiger partial charge in [0.05, 0.1) is 18.2 Å². The van der Waals surface area contributed by atoms with Crippen LogP contribution in [0.4, 0.5) is 0 Å². The fourth-order valence-electron chi connectivity index (χ4n) is 2.54. The SMILES string of the molecule is CCCOCC(NN)C1(OC)CCCCC1. The van der Waals surface area contributed by atoms with E-state index in [9.17, 15) is 0 Å². The Morgan fingerprint density at radius 1 is 1.31 bits per heavy atom. The minimum atomic E-state index is -0.124. The van der Waals surface area contributed by atoms with Crippen molar-refractivity contribution in [2.45, 2.75) is 57.1 Å². The van der Waals surface area contributed by atoms with Crippen LogP contribution in [0.2, 0.25) is 0 Å². The lowest BCUT2D eigenvalue weighted by atomic mass is 9.79. The van der Waals surface area contributed by atoms with Gasteiger partial charge in [-0.3, -0.25) is 11.3 Å². The van der Waals surface area contributed by atoms with E-state index in [4.69, 9.17) is 15.3 Å². The summed E-state index contributed by atoms with van der Waals surface area (Å²) in [4.78, 5) is 0. The summed E-state index contributed by atoms with van der Waals surface area (Å²) in [6.45, 7) is 3.54. The molecule has 0 heterocycles. The lowest BCUT2D eigenvalue weighted by Gasteiger charge is -2.42. The molecule has 0 amide bonds. The van der Waals surface area contributed by atoms with E-state index in [0.29, 0.717) is 6.61 Å². The fraction of sp³-hybridized carbons (Fsp3) is 1.00. The average molecular weight is 230 g/mol. The van der Waals surface area contributed by atoms with Gasteiger partial charge in [0.2, 0.25) is 0 Å². The largest absolute Gasteiger partial charge is 0.380 e. The zero-order chi connectivity index (χ0) is 11.9. The van der Waals surface area contributed by atoms with Gasteiger partial charge in [-0.2, -0.15) is 0 Å². The van der Waals surface area contributed by atoms with Crippen LogP contribution < -0.4 is 11.3 Å². The standard InChI is InChI=1S/C12H26N2O2/c1-3-9-16-10-11(14-13)12(15-2)7-5-4-6-8-12/h11,14H,3-10,13H2,1-2H3. The van der Waals surface area contributed by atoms with Gasteiger partial charge >= 0.3 is 0 Å². The number of nitrogens with two attached hydrogens (primary N) is 1. The molecule has 4 heteroatoms. The monoisotopic (exact) mass is 230 g/mol. The molecule has 0 radical (unpaired) electrons. The van der Waals surface area contributed by atoms with Crippen LogP contribution in [-0.4, -0.2) is 32.0 Å². The summed E-state index contributed by atoms with van der Waals surface area (Å²) in [7, 11) is 1.79. The highest BCUT2D eigenvalue weighted by Crippen LogP contribution is 2.34. The second-order valence-corrected chi connectivity index (χ2v) is 4.62. The summed E-state index contributed by atoms with van der Waals surface area (Å²) in [6, 6.07) is 0.101. The topological polar surface area (TPSA) is 56.5 Å². The van der Waals surface area contributed by atoms with E-state index in [0.717, 1.165) is 25.9 Å². The van der Waals surface area contributed by atoms with E-state index in [-0.39, 0.29) is 11.6 Å². The second-order valence-electron chi connectivity index (χ2n) is 4.62. The molecule has 0 aromatic carbocycles. The molecule has 0 aromatic heterocycles. The molecule has 1 atom stereocenters. The zero-order valence-electron chi connectivity index (χ0n) is 10.6. The van der Waals surface area contributed by atoms with Gasteiger partial charge in [0.25, 0.3) is 0 Å². The van der Waals surface area contributed by atoms with E-state index in [2.05, 4.69) is 12.3 Å². The van der Waals surface area contributed by atoms with Crippen LogP contribution in [0, 0.1) is 0 Å². The van der Waals surface area contributed by atoms with Crippen molar-refractivity contribution in [1.29, 1.82) is 0 Å². The lowest BCUT2D eigenvalue weighted by molar-refractivity contribution is -0.0864. The maximum atomic E-state index is 5.74. The first kappa shape index (κ1) is 13.9. The molecule has 1 fully saturated rings. The highest BCUT2D eigenvalue weighted by Gasteiger charge is 2.39. The summed E-state index contributed by atoms with van der Waals surface area (Å²) in [5, 5.41) is 0. The van der Waals surface area contributed by atoms with Crippen molar-refractivity contribution in [3.8, 4) is 0 Å². The molecule has 0 spiro atoms. The van der Waals surface area contributed by atoms with Crippen molar-refractivity contribution in [3.05, 3.63) is 0 Å². The van der Waals surface area contributed by atoms with Crippen LogP contribution in [0.25, 0.3) is 0 Å². The third kappa shape index (κ3) is 3.42. The van der Waals surface area contributed by atoms with Crippen molar-refractivity contribution in [2.24, 2.45) is 5.84 Å². The number of hydrazine groups is 1. The first-order chi connectivity index (χ1) is 7.79. The molecule has 3 N–H and O–H groups in total. The van der Waals surface area contributed by atoms with Gasteiger partial charge in [-0.05, 0) is 19.3 Å². The minimum absolute atomic E-state index is 0.101.